The van der Waals surface area contributed by atoms with Crippen LogP contribution in [-0.4, -0.2) is 45.9 Å². The molecule has 1 rings (SSSR count). The predicted octanol–water partition coefficient (Wildman–Crippen LogP) is 0.698. The molecule has 0 saturated heterocycles. The Hall–Kier alpha value is -1.11. The van der Waals surface area contributed by atoms with Gasteiger partial charge in [-0.1, -0.05) is 6.42 Å². The van der Waals surface area contributed by atoms with Gasteiger partial charge in [0.25, 0.3) is 0 Å². The predicted molar refractivity (Wildman–Crippen MR) is 73.5 cm³/mol. The van der Waals surface area contributed by atoms with Crippen molar-refractivity contribution in [2.75, 3.05) is 18.6 Å². The summed E-state index contributed by atoms with van der Waals surface area (Å²) in [5.41, 5.74) is -0.278. The number of nitrogens with one attached hydrogen (secondary N) is 2. The van der Waals surface area contributed by atoms with Crippen molar-refractivity contribution in [2.45, 2.75) is 38.6 Å². The highest BCUT2D eigenvalue weighted by molar-refractivity contribution is 7.84. The minimum Gasteiger partial charge on any atom is -0.481 e. The van der Waals surface area contributed by atoms with Crippen LogP contribution in [-0.2, 0) is 15.6 Å². The summed E-state index contributed by atoms with van der Waals surface area (Å²) in [5, 5.41) is 14.3. The third kappa shape index (κ3) is 5.59. The molecule has 6 nitrogen and oxygen atoms in total. The van der Waals surface area contributed by atoms with Crippen molar-refractivity contribution in [3.8, 4) is 0 Å². The van der Waals surface area contributed by atoms with E-state index in [1.807, 2.05) is 0 Å². The van der Waals surface area contributed by atoms with E-state index in [0.717, 1.165) is 19.3 Å². The van der Waals surface area contributed by atoms with Crippen molar-refractivity contribution < 1.29 is 18.9 Å². The van der Waals surface area contributed by atoms with Crippen molar-refractivity contribution in [1.29, 1.82) is 0 Å². The zero-order valence-electron chi connectivity index (χ0n) is 11.4. The monoisotopic (exact) mass is 290 g/mol. The summed E-state index contributed by atoms with van der Waals surface area (Å²) in [4.78, 5) is 22.4. The zero-order chi connectivity index (χ0) is 14.5. The maximum Gasteiger partial charge on any atom is 0.315 e. The molecule has 0 heterocycles. The van der Waals surface area contributed by atoms with E-state index >= 15 is 0 Å². The van der Waals surface area contributed by atoms with Crippen molar-refractivity contribution >= 4 is 22.8 Å². The summed E-state index contributed by atoms with van der Waals surface area (Å²) in [7, 11) is -0.952. The molecular formula is C12H22N2O4S. The van der Waals surface area contributed by atoms with Crippen LogP contribution in [0.15, 0.2) is 0 Å². The Bertz CT molecular complexity index is 369. The van der Waals surface area contributed by atoms with Crippen molar-refractivity contribution in [2.24, 2.45) is 5.41 Å². The number of hydrogen-bond acceptors (Lipinski definition) is 3. The molecule has 0 aromatic heterocycles. The van der Waals surface area contributed by atoms with Gasteiger partial charge in [-0.25, -0.2) is 4.79 Å². The van der Waals surface area contributed by atoms with Gasteiger partial charge in [0.2, 0.25) is 0 Å². The van der Waals surface area contributed by atoms with Gasteiger partial charge in [-0.15, -0.1) is 0 Å². The van der Waals surface area contributed by atoms with E-state index in [1.54, 1.807) is 13.2 Å². The average Bonchev–Trinajstić information content (AvgIpc) is 2.19. The van der Waals surface area contributed by atoms with Gasteiger partial charge in [-0.3, -0.25) is 9.00 Å². The van der Waals surface area contributed by atoms with Crippen LogP contribution in [0.2, 0.25) is 0 Å². The molecule has 0 aromatic carbocycles. The van der Waals surface area contributed by atoms with Crippen LogP contribution >= 0.6 is 0 Å². The highest BCUT2D eigenvalue weighted by Crippen LogP contribution is 2.43. The van der Waals surface area contributed by atoms with E-state index < -0.39 is 16.8 Å². The third-order valence-electron chi connectivity index (χ3n) is 3.43. The van der Waals surface area contributed by atoms with Gasteiger partial charge in [0.15, 0.2) is 0 Å². The number of carboxylic acids is 1. The number of carbonyl (C=O) groups is 2. The van der Waals surface area contributed by atoms with Crippen LogP contribution in [0, 0.1) is 5.41 Å². The number of aliphatic carboxylic acids is 1. The van der Waals surface area contributed by atoms with Gasteiger partial charge in [0.05, 0.1) is 6.42 Å². The van der Waals surface area contributed by atoms with Gasteiger partial charge in [0.1, 0.15) is 0 Å². The molecule has 0 aliphatic heterocycles. The first kappa shape index (κ1) is 15.9. The Morgan fingerprint density at radius 2 is 2.05 bits per heavy atom. The van der Waals surface area contributed by atoms with Gasteiger partial charge in [0, 0.05) is 35.4 Å². The van der Waals surface area contributed by atoms with Gasteiger partial charge in [-0.05, 0) is 25.2 Å². The fraction of sp³-hybridized carbons (Fsp3) is 0.833. The van der Waals surface area contributed by atoms with Crippen LogP contribution in [0.5, 0.6) is 0 Å². The minimum atomic E-state index is -0.952. The van der Waals surface area contributed by atoms with E-state index in [4.69, 9.17) is 5.11 Å². The Labute approximate surface area is 115 Å². The first-order chi connectivity index (χ1) is 8.83. The summed E-state index contributed by atoms with van der Waals surface area (Å²) in [6.45, 7) is 2.17. The van der Waals surface area contributed by atoms with Gasteiger partial charge in [-0.2, -0.15) is 0 Å². The Morgan fingerprint density at radius 1 is 1.42 bits per heavy atom. The Balaban J connectivity index is 2.32. The quantitative estimate of drug-likeness (QED) is 0.643. The molecular weight excluding hydrogens is 268 g/mol. The molecule has 2 unspecified atom stereocenters. The third-order valence-corrected chi connectivity index (χ3v) is 4.40. The average molecular weight is 290 g/mol. The largest absolute Gasteiger partial charge is 0.481 e. The molecule has 0 bridgehead atoms. The minimum absolute atomic E-state index is 0.0990. The maximum atomic E-state index is 11.6. The summed E-state index contributed by atoms with van der Waals surface area (Å²) in [6.07, 6.45) is 4.39. The lowest BCUT2D eigenvalue weighted by Crippen LogP contribution is -2.49. The highest BCUT2D eigenvalue weighted by Gasteiger charge is 2.39. The highest BCUT2D eigenvalue weighted by atomic mass is 32.2. The van der Waals surface area contributed by atoms with E-state index in [2.05, 4.69) is 10.6 Å². The first-order valence-corrected chi connectivity index (χ1v) is 8.12. The van der Waals surface area contributed by atoms with Crippen LogP contribution in [0.1, 0.15) is 32.6 Å². The molecule has 0 radical (unpaired) electrons. The number of carbonyl (C=O) groups excluding carboxylic acids is 1. The van der Waals surface area contributed by atoms with Crippen LogP contribution in [0.25, 0.3) is 0 Å². The fourth-order valence-electron chi connectivity index (χ4n) is 2.35. The van der Waals surface area contributed by atoms with Crippen LogP contribution in [0.3, 0.4) is 0 Å². The second kappa shape index (κ2) is 6.88. The number of amides is 2. The van der Waals surface area contributed by atoms with Gasteiger partial charge < -0.3 is 15.7 Å². The Kier molecular flexibility index (Phi) is 5.78. The van der Waals surface area contributed by atoms with Crippen molar-refractivity contribution in [3.05, 3.63) is 0 Å². The molecule has 1 aliphatic carbocycles. The SMILES string of the molecule is CC(CS(C)=O)NC(=O)NCC1(CC(=O)O)CCC1. The molecule has 0 aromatic rings. The topological polar surface area (TPSA) is 95.5 Å². The van der Waals surface area contributed by atoms with Crippen molar-refractivity contribution in [1.82, 2.24) is 10.6 Å². The summed E-state index contributed by atoms with van der Waals surface area (Å²) in [5.74, 6) is -0.412. The van der Waals surface area contributed by atoms with Crippen molar-refractivity contribution in [3.63, 3.8) is 0 Å². The molecule has 1 saturated carbocycles. The second-order valence-corrected chi connectivity index (χ2v) is 6.87. The molecule has 1 aliphatic rings. The molecule has 1 fully saturated rings. The van der Waals surface area contributed by atoms with Crippen LogP contribution in [0.4, 0.5) is 4.79 Å². The zero-order valence-corrected chi connectivity index (χ0v) is 12.2. The van der Waals surface area contributed by atoms with E-state index in [1.165, 1.54) is 0 Å². The lowest BCUT2D eigenvalue weighted by molar-refractivity contribution is -0.141. The molecule has 110 valence electrons. The number of hydrogen-bond donors (Lipinski definition) is 3. The van der Waals surface area contributed by atoms with Gasteiger partial charge >= 0.3 is 12.0 Å². The molecule has 2 amide bonds. The number of carboxylic acid groups (broad SMARTS) is 1. The molecule has 2 atom stereocenters. The van der Waals surface area contributed by atoms with E-state index in [0.29, 0.717) is 12.3 Å². The summed E-state index contributed by atoms with van der Waals surface area (Å²) >= 11 is 0. The molecule has 3 N–H and O–H groups in total. The lowest BCUT2D eigenvalue weighted by Gasteiger charge is -2.40. The smallest absolute Gasteiger partial charge is 0.315 e. The maximum absolute atomic E-state index is 11.6. The molecule has 0 spiro atoms. The summed E-state index contributed by atoms with van der Waals surface area (Å²) in [6, 6.07) is -0.489. The normalized spacial score (nSPS) is 19.9. The first-order valence-electron chi connectivity index (χ1n) is 6.39. The molecule has 7 heteroatoms. The lowest BCUT2D eigenvalue weighted by atomic mass is 9.66. The number of rotatable bonds is 7. The fourth-order valence-corrected chi connectivity index (χ4v) is 3.14. The standard InChI is InChI=1S/C12H22N2O4S/c1-9(7-19(2)18)14-11(17)13-8-12(4-3-5-12)6-10(15)16/h9H,3-8H2,1-2H3,(H,15,16)(H2,13,14,17). The summed E-state index contributed by atoms with van der Waals surface area (Å²) < 4.78 is 11.0. The van der Waals surface area contributed by atoms with Crippen LogP contribution < -0.4 is 10.6 Å². The Morgan fingerprint density at radius 3 is 2.47 bits per heavy atom. The second-order valence-electron chi connectivity index (χ2n) is 5.39. The number of urea groups is 1. The van der Waals surface area contributed by atoms with E-state index in [-0.39, 0.29) is 23.9 Å². The molecule has 19 heavy (non-hydrogen) atoms. The van der Waals surface area contributed by atoms with E-state index in [9.17, 15) is 13.8 Å².